The van der Waals surface area contributed by atoms with Crippen molar-refractivity contribution >= 4 is 23.3 Å². The first-order valence-electron chi connectivity index (χ1n) is 5.76. The van der Waals surface area contributed by atoms with Crippen LogP contribution < -0.4 is 10.6 Å². The summed E-state index contributed by atoms with van der Waals surface area (Å²) in [4.78, 5) is 27.2. The van der Waals surface area contributed by atoms with Crippen molar-refractivity contribution in [3.63, 3.8) is 0 Å². The number of carbonyl (C=O) groups is 2. The van der Waals surface area contributed by atoms with Gasteiger partial charge in [0, 0.05) is 13.1 Å². The minimum Gasteiger partial charge on any atom is -0.326 e. The van der Waals surface area contributed by atoms with Crippen molar-refractivity contribution in [2.75, 3.05) is 10.6 Å². The lowest BCUT2D eigenvalue weighted by molar-refractivity contribution is -0.114. The largest absolute Gasteiger partial charge is 0.326 e. The molecule has 2 aromatic rings. The topological polar surface area (TPSA) is 71.1 Å². The number of nitrogens with one attached hydrogen (secondary N) is 2. The Labute approximate surface area is 110 Å². The number of aromatic nitrogens is 1. The number of para-hydroxylation sites is 1. The van der Waals surface area contributed by atoms with E-state index < -0.39 is 0 Å². The fourth-order valence-electron chi connectivity index (χ4n) is 1.60. The first kappa shape index (κ1) is 12.8. The number of anilines is 2. The van der Waals surface area contributed by atoms with Gasteiger partial charge in [0.05, 0.1) is 11.3 Å². The minimum absolute atomic E-state index is 0.224. The summed E-state index contributed by atoms with van der Waals surface area (Å²) in [5.41, 5.74) is 0.867. The van der Waals surface area contributed by atoms with Crippen LogP contribution in [0.5, 0.6) is 0 Å². The van der Waals surface area contributed by atoms with E-state index in [1.165, 1.54) is 6.92 Å². The number of hydrogen-bond donors (Lipinski definition) is 2. The van der Waals surface area contributed by atoms with E-state index in [4.69, 9.17) is 0 Å². The molecule has 1 aromatic heterocycles. The predicted octanol–water partition coefficient (Wildman–Crippen LogP) is 2.29. The fraction of sp³-hybridized carbons (Fsp3) is 0.0714. The molecule has 2 N–H and O–H groups in total. The van der Waals surface area contributed by atoms with Crippen LogP contribution >= 0.6 is 0 Å². The van der Waals surface area contributed by atoms with Crippen molar-refractivity contribution < 1.29 is 9.59 Å². The normalized spacial score (nSPS) is 9.74. The van der Waals surface area contributed by atoms with Crippen molar-refractivity contribution in [3.05, 3.63) is 54.2 Å². The van der Waals surface area contributed by atoms with Gasteiger partial charge in [0.15, 0.2) is 0 Å². The first-order valence-corrected chi connectivity index (χ1v) is 5.76. The molecule has 0 unspecified atom stereocenters. The highest BCUT2D eigenvalue weighted by Crippen LogP contribution is 2.16. The van der Waals surface area contributed by atoms with Crippen molar-refractivity contribution in [3.8, 4) is 0 Å². The molecular formula is C14H13N3O2. The molecule has 0 bridgehead atoms. The van der Waals surface area contributed by atoms with E-state index >= 15 is 0 Å². The maximum Gasteiger partial charge on any atom is 0.258 e. The molecule has 0 aliphatic heterocycles. The van der Waals surface area contributed by atoms with Crippen LogP contribution in [0.1, 0.15) is 17.3 Å². The molecule has 2 amide bonds. The molecule has 0 saturated carbocycles. The average molecular weight is 255 g/mol. The summed E-state index contributed by atoms with van der Waals surface area (Å²) in [6.45, 7) is 1.40. The lowest BCUT2D eigenvalue weighted by Gasteiger charge is -2.09. The Hall–Kier alpha value is -2.69. The number of hydrogen-bond acceptors (Lipinski definition) is 3. The highest BCUT2D eigenvalue weighted by molar-refractivity contribution is 6.09. The van der Waals surface area contributed by atoms with E-state index in [9.17, 15) is 9.59 Å². The maximum atomic E-state index is 12.1. The van der Waals surface area contributed by atoms with Gasteiger partial charge in [-0.05, 0) is 24.3 Å². The van der Waals surface area contributed by atoms with Crippen LogP contribution in [-0.2, 0) is 4.79 Å². The Morgan fingerprint density at radius 1 is 1.00 bits per heavy atom. The second-order valence-electron chi connectivity index (χ2n) is 3.90. The zero-order chi connectivity index (χ0) is 13.7. The first-order chi connectivity index (χ1) is 9.16. The van der Waals surface area contributed by atoms with Crippen molar-refractivity contribution in [2.24, 2.45) is 0 Å². The molecule has 5 heteroatoms. The van der Waals surface area contributed by atoms with Gasteiger partial charge in [0.2, 0.25) is 5.91 Å². The van der Waals surface area contributed by atoms with Gasteiger partial charge in [-0.3, -0.25) is 9.59 Å². The van der Waals surface area contributed by atoms with Crippen LogP contribution in [0.15, 0.2) is 48.7 Å². The standard InChI is InChI=1S/C14H13N3O2/c1-10(18)16-12-7-3-2-6-11(12)14(19)17-13-8-4-5-9-15-13/h2-9H,1H3,(H,16,18)(H,15,17,19). The summed E-state index contributed by atoms with van der Waals surface area (Å²) < 4.78 is 0. The smallest absolute Gasteiger partial charge is 0.258 e. The molecule has 2 rings (SSSR count). The molecule has 0 radical (unpaired) electrons. The van der Waals surface area contributed by atoms with Crippen LogP contribution in [0, 0.1) is 0 Å². The van der Waals surface area contributed by atoms with Crippen LogP contribution in [-0.4, -0.2) is 16.8 Å². The molecule has 0 fully saturated rings. The summed E-state index contributed by atoms with van der Waals surface area (Å²) in [5.74, 6) is -0.0775. The Morgan fingerprint density at radius 3 is 2.42 bits per heavy atom. The Kier molecular flexibility index (Phi) is 3.87. The van der Waals surface area contributed by atoms with Crippen molar-refractivity contribution in [1.29, 1.82) is 0 Å². The molecule has 0 atom stereocenters. The minimum atomic E-state index is -0.317. The van der Waals surface area contributed by atoms with Gasteiger partial charge < -0.3 is 10.6 Å². The van der Waals surface area contributed by atoms with Crippen LogP contribution in [0.25, 0.3) is 0 Å². The Morgan fingerprint density at radius 2 is 1.74 bits per heavy atom. The summed E-state index contributed by atoms with van der Waals surface area (Å²) in [7, 11) is 0. The molecule has 0 saturated heterocycles. The van der Waals surface area contributed by atoms with Crippen LogP contribution in [0.4, 0.5) is 11.5 Å². The SMILES string of the molecule is CC(=O)Nc1ccccc1C(=O)Nc1ccccn1. The molecule has 96 valence electrons. The molecule has 0 aliphatic carbocycles. The zero-order valence-corrected chi connectivity index (χ0v) is 10.4. The number of carbonyl (C=O) groups excluding carboxylic acids is 2. The number of amides is 2. The van der Waals surface area contributed by atoms with E-state index in [0.29, 0.717) is 17.1 Å². The Bertz CT molecular complexity index is 597. The predicted molar refractivity (Wildman–Crippen MR) is 72.9 cm³/mol. The molecule has 19 heavy (non-hydrogen) atoms. The lowest BCUT2D eigenvalue weighted by Crippen LogP contribution is -2.16. The van der Waals surface area contributed by atoms with E-state index in [2.05, 4.69) is 15.6 Å². The van der Waals surface area contributed by atoms with Gasteiger partial charge in [0.25, 0.3) is 5.91 Å². The number of pyridine rings is 1. The van der Waals surface area contributed by atoms with E-state index in [1.807, 2.05) is 0 Å². The quantitative estimate of drug-likeness (QED) is 0.884. The van der Waals surface area contributed by atoms with Gasteiger partial charge >= 0.3 is 0 Å². The van der Waals surface area contributed by atoms with Crippen LogP contribution in [0.3, 0.4) is 0 Å². The number of nitrogens with zero attached hydrogens (tertiary/aromatic N) is 1. The third-order valence-corrected chi connectivity index (χ3v) is 2.39. The summed E-state index contributed by atoms with van der Waals surface area (Å²) in [6.07, 6.45) is 1.59. The molecule has 1 aromatic carbocycles. The zero-order valence-electron chi connectivity index (χ0n) is 10.4. The summed E-state index contributed by atoms with van der Waals surface area (Å²) in [5, 5.41) is 5.29. The van der Waals surface area contributed by atoms with Gasteiger partial charge in [0.1, 0.15) is 5.82 Å². The summed E-state index contributed by atoms with van der Waals surface area (Å²) in [6, 6.07) is 12.0. The third-order valence-electron chi connectivity index (χ3n) is 2.39. The molecule has 0 spiro atoms. The van der Waals surface area contributed by atoms with Crippen molar-refractivity contribution in [2.45, 2.75) is 6.92 Å². The molecule has 0 aliphatic rings. The third kappa shape index (κ3) is 3.38. The number of rotatable bonds is 3. The fourth-order valence-corrected chi connectivity index (χ4v) is 1.60. The molecular weight excluding hydrogens is 242 g/mol. The van der Waals surface area contributed by atoms with Gasteiger partial charge in [-0.25, -0.2) is 4.98 Å². The van der Waals surface area contributed by atoms with E-state index in [1.54, 1.807) is 48.7 Å². The van der Waals surface area contributed by atoms with Crippen molar-refractivity contribution in [1.82, 2.24) is 4.98 Å². The highest BCUT2D eigenvalue weighted by atomic mass is 16.2. The highest BCUT2D eigenvalue weighted by Gasteiger charge is 2.12. The lowest BCUT2D eigenvalue weighted by atomic mass is 10.1. The van der Waals surface area contributed by atoms with Gasteiger partial charge in [-0.1, -0.05) is 18.2 Å². The van der Waals surface area contributed by atoms with E-state index in [-0.39, 0.29) is 11.8 Å². The summed E-state index contributed by atoms with van der Waals surface area (Å²) >= 11 is 0. The average Bonchev–Trinajstić information content (AvgIpc) is 2.39. The van der Waals surface area contributed by atoms with Crippen LogP contribution in [0.2, 0.25) is 0 Å². The molecule has 1 heterocycles. The maximum absolute atomic E-state index is 12.1. The van der Waals surface area contributed by atoms with Gasteiger partial charge in [-0.2, -0.15) is 0 Å². The second-order valence-corrected chi connectivity index (χ2v) is 3.90. The monoisotopic (exact) mass is 255 g/mol. The molecule has 5 nitrogen and oxygen atoms in total. The second kappa shape index (κ2) is 5.77. The van der Waals surface area contributed by atoms with E-state index in [0.717, 1.165) is 0 Å². The Balaban J connectivity index is 2.21. The van der Waals surface area contributed by atoms with Gasteiger partial charge in [-0.15, -0.1) is 0 Å². The number of benzene rings is 1.